The number of nitrogens with zero attached hydrogens (tertiary/aromatic N) is 4. The summed E-state index contributed by atoms with van der Waals surface area (Å²) in [4.78, 5) is 0. The van der Waals surface area contributed by atoms with Gasteiger partial charge in [0.1, 0.15) is 11.4 Å². The molecule has 0 radical (unpaired) electrons. The van der Waals surface area contributed by atoms with Crippen molar-refractivity contribution in [3.05, 3.63) is 48.0 Å². The van der Waals surface area contributed by atoms with Gasteiger partial charge < -0.3 is 9.73 Å². The van der Waals surface area contributed by atoms with Crippen molar-refractivity contribution in [1.82, 2.24) is 20.0 Å². The summed E-state index contributed by atoms with van der Waals surface area (Å²) in [6.07, 6.45) is 3.74. The standard InChI is InChI=1S/C20H25N5O/c1-5-13(2)18-23-24-19(26-18)15-12-21-25-17(15)22-16(11-20(25,3)4)14-9-7-6-8-10-14/h6-10,12-13,16,22H,5,11H2,1-4H3. The molecule has 3 heterocycles. The lowest BCUT2D eigenvalue weighted by molar-refractivity contribution is 0.263. The van der Waals surface area contributed by atoms with Gasteiger partial charge in [-0.3, -0.25) is 0 Å². The predicted molar refractivity (Wildman–Crippen MR) is 101 cm³/mol. The summed E-state index contributed by atoms with van der Waals surface area (Å²) in [6.45, 7) is 8.63. The maximum Gasteiger partial charge on any atom is 0.253 e. The second kappa shape index (κ2) is 6.27. The van der Waals surface area contributed by atoms with Crippen LogP contribution in [0.4, 0.5) is 5.82 Å². The fraction of sp³-hybridized carbons (Fsp3) is 0.450. The average molecular weight is 351 g/mol. The number of anilines is 1. The van der Waals surface area contributed by atoms with Crippen LogP contribution in [0.15, 0.2) is 40.9 Å². The topological polar surface area (TPSA) is 68.8 Å². The highest BCUT2D eigenvalue weighted by molar-refractivity contribution is 5.70. The van der Waals surface area contributed by atoms with E-state index in [2.05, 4.69) is 72.6 Å². The second-order valence-electron chi connectivity index (χ2n) is 7.70. The van der Waals surface area contributed by atoms with Gasteiger partial charge in [0.25, 0.3) is 5.89 Å². The summed E-state index contributed by atoms with van der Waals surface area (Å²) in [5.41, 5.74) is 2.02. The molecule has 2 unspecified atom stereocenters. The molecule has 2 aromatic heterocycles. The summed E-state index contributed by atoms with van der Waals surface area (Å²) >= 11 is 0. The van der Waals surface area contributed by atoms with Crippen LogP contribution in [-0.2, 0) is 5.54 Å². The van der Waals surface area contributed by atoms with E-state index in [1.165, 1.54) is 5.56 Å². The van der Waals surface area contributed by atoms with Crippen LogP contribution < -0.4 is 5.32 Å². The first-order valence-corrected chi connectivity index (χ1v) is 9.23. The van der Waals surface area contributed by atoms with Gasteiger partial charge in [-0.15, -0.1) is 10.2 Å². The Kier molecular flexibility index (Phi) is 4.05. The van der Waals surface area contributed by atoms with Gasteiger partial charge in [-0.05, 0) is 32.3 Å². The molecular weight excluding hydrogens is 326 g/mol. The Morgan fingerprint density at radius 3 is 2.77 bits per heavy atom. The van der Waals surface area contributed by atoms with E-state index in [4.69, 9.17) is 4.42 Å². The number of hydrogen-bond donors (Lipinski definition) is 1. The van der Waals surface area contributed by atoms with Crippen LogP contribution in [0.3, 0.4) is 0 Å². The van der Waals surface area contributed by atoms with Gasteiger partial charge in [0.15, 0.2) is 0 Å². The number of fused-ring (bicyclic) bond motifs is 1. The molecule has 0 spiro atoms. The zero-order valence-corrected chi connectivity index (χ0v) is 15.7. The molecule has 1 N–H and O–H groups in total. The molecule has 3 aromatic rings. The molecule has 1 aromatic carbocycles. The third kappa shape index (κ3) is 2.79. The van der Waals surface area contributed by atoms with Crippen LogP contribution in [0, 0.1) is 0 Å². The van der Waals surface area contributed by atoms with Crippen molar-refractivity contribution >= 4 is 5.82 Å². The highest BCUT2D eigenvalue weighted by Gasteiger charge is 2.36. The summed E-state index contributed by atoms with van der Waals surface area (Å²) < 4.78 is 7.98. The smallest absolute Gasteiger partial charge is 0.253 e. The maximum atomic E-state index is 5.94. The fourth-order valence-corrected chi connectivity index (χ4v) is 3.51. The first-order chi connectivity index (χ1) is 12.5. The molecule has 26 heavy (non-hydrogen) atoms. The third-order valence-electron chi connectivity index (χ3n) is 5.26. The first-order valence-electron chi connectivity index (χ1n) is 9.23. The van der Waals surface area contributed by atoms with Gasteiger partial charge in [-0.2, -0.15) is 5.10 Å². The molecule has 4 rings (SSSR count). The molecule has 136 valence electrons. The number of aromatic nitrogens is 4. The highest BCUT2D eigenvalue weighted by atomic mass is 16.4. The molecular formula is C20H25N5O. The SMILES string of the molecule is CCC(C)c1nnc(-c2cnn3c2NC(c2ccccc2)CC3(C)C)o1. The Balaban J connectivity index is 1.73. The van der Waals surface area contributed by atoms with E-state index < -0.39 is 0 Å². The highest BCUT2D eigenvalue weighted by Crippen LogP contribution is 2.42. The number of rotatable bonds is 4. The minimum absolute atomic E-state index is 0.112. The van der Waals surface area contributed by atoms with E-state index in [0.717, 1.165) is 24.2 Å². The lowest BCUT2D eigenvalue weighted by Gasteiger charge is -2.38. The predicted octanol–water partition coefficient (Wildman–Crippen LogP) is 4.74. The van der Waals surface area contributed by atoms with Gasteiger partial charge in [0, 0.05) is 5.92 Å². The third-order valence-corrected chi connectivity index (χ3v) is 5.26. The molecule has 0 amide bonds. The number of benzene rings is 1. The molecule has 6 heteroatoms. The Hall–Kier alpha value is -2.63. The van der Waals surface area contributed by atoms with Gasteiger partial charge in [-0.25, -0.2) is 4.68 Å². The molecule has 0 bridgehead atoms. The van der Waals surface area contributed by atoms with Gasteiger partial charge in [-0.1, -0.05) is 44.2 Å². The van der Waals surface area contributed by atoms with E-state index in [-0.39, 0.29) is 17.5 Å². The molecule has 0 fully saturated rings. The summed E-state index contributed by atoms with van der Waals surface area (Å²) in [5.74, 6) is 2.40. The Morgan fingerprint density at radius 2 is 2.04 bits per heavy atom. The minimum Gasteiger partial charge on any atom is -0.420 e. The zero-order chi connectivity index (χ0) is 18.3. The van der Waals surface area contributed by atoms with Crippen molar-refractivity contribution in [2.24, 2.45) is 0 Å². The van der Waals surface area contributed by atoms with Gasteiger partial charge in [0.05, 0.1) is 17.8 Å². The van der Waals surface area contributed by atoms with E-state index in [1.807, 2.05) is 16.9 Å². The van der Waals surface area contributed by atoms with Crippen LogP contribution in [0.25, 0.3) is 11.5 Å². The van der Waals surface area contributed by atoms with Crippen LogP contribution in [-0.4, -0.2) is 20.0 Å². The van der Waals surface area contributed by atoms with Crippen molar-refractivity contribution in [3.63, 3.8) is 0 Å². The van der Waals surface area contributed by atoms with E-state index >= 15 is 0 Å². The van der Waals surface area contributed by atoms with Crippen LogP contribution >= 0.6 is 0 Å². The maximum absolute atomic E-state index is 5.94. The van der Waals surface area contributed by atoms with Crippen LogP contribution in [0.5, 0.6) is 0 Å². The molecule has 0 aliphatic carbocycles. The molecule has 6 nitrogen and oxygen atoms in total. The van der Waals surface area contributed by atoms with E-state index in [9.17, 15) is 0 Å². The molecule has 0 saturated carbocycles. The van der Waals surface area contributed by atoms with Gasteiger partial charge in [0.2, 0.25) is 5.89 Å². The first kappa shape index (κ1) is 16.8. The van der Waals surface area contributed by atoms with Crippen molar-refractivity contribution in [1.29, 1.82) is 0 Å². The normalized spacial score (nSPS) is 19.6. The summed E-state index contributed by atoms with van der Waals surface area (Å²) in [6, 6.07) is 10.7. The van der Waals surface area contributed by atoms with Crippen LogP contribution in [0.2, 0.25) is 0 Å². The summed E-state index contributed by atoms with van der Waals surface area (Å²) in [5, 5.41) is 16.8. The lowest BCUT2D eigenvalue weighted by Crippen LogP contribution is -2.37. The zero-order valence-electron chi connectivity index (χ0n) is 15.7. The largest absolute Gasteiger partial charge is 0.420 e. The fourth-order valence-electron chi connectivity index (χ4n) is 3.51. The molecule has 1 aliphatic heterocycles. The molecule has 2 atom stereocenters. The van der Waals surface area contributed by atoms with Crippen molar-refractivity contribution in [2.75, 3.05) is 5.32 Å². The van der Waals surface area contributed by atoms with Crippen LogP contribution in [0.1, 0.15) is 64.0 Å². The quantitative estimate of drug-likeness (QED) is 0.735. The summed E-state index contributed by atoms with van der Waals surface area (Å²) in [7, 11) is 0. The van der Waals surface area contributed by atoms with Crippen molar-refractivity contribution in [3.8, 4) is 11.5 Å². The lowest BCUT2D eigenvalue weighted by atomic mass is 9.89. The monoisotopic (exact) mass is 351 g/mol. The molecule has 0 saturated heterocycles. The average Bonchev–Trinajstić information content (AvgIpc) is 3.28. The molecule has 1 aliphatic rings. The number of hydrogen-bond acceptors (Lipinski definition) is 5. The van der Waals surface area contributed by atoms with Crippen molar-refractivity contribution in [2.45, 2.75) is 58.0 Å². The Labute approximate surface area is 153 Å². The van der Waals surface area contributed by atoms with Crippen molar-refractivity contribution < 1.29 is 4.42 Å². The van der Waals surface area contributed by atoms with E-state index in [1.54, 1.807) is 0 Å². The minimum atomic E-state index is -0.112. The number of nitrogens with one attached hydrogen (secondary N) is 1. The second-order valence-corrected chi connectivity index (χ2v) is 7.70. The van der Waals surface area contributed by atoms with E-state index in [0.29, 0.717) is 11.8 Å². The van der Waals surface area contributed by atoms with Gasteiger partial charge >= 0.3 is 0 Å². The Morgan fingerprint density at radius 1 is 1.27 bits per heavy atom. The Bertz CT molecular complexity index is 896.